The normalized spacial score (nSPS) is 27.4. The van der Waals surface area contributed by atoms with Gasteiger partial charge in [-0.3, -0.25) is 4.79 Å². The van der Waals surface area contributed by atoms with Crippen molar-refractivity contribution in [3.63, 3.8) is 0 Å². The van der Waals surface area contributed by atoms with Crippen LogP contribution in [-0.4, -0.2) is 17.9 Å². The van der Waals surface area contributed by atoms with Crippen LogP contribution in [0.25, 0.3) is 0 Å². The molecular formula is C19H19NO. The van der Waals surface area contributed by atoms with E-state index in [-0.39, 0.29) is 11.9 Å². The van der Waals surface area contributed by atoms with Gasteiger partial charge in [0.2, 0.25) is 5.91 Å². The zero-order chi connectivity index (χ0) is 14.4. The van der Waals surface area contributed by atoms with Gasteiger partial charge in [0.1, 0.15) is 0 Å². The Balaban J connectivity index is 1.87. The van der Waals surface area contributed by atoms with Crippen molar-refractivity contribution in [3.05, 3.63) is 71.3 Å². The third-order valence-electron chi connectivity index (χ3n) is 5.14. The Morgan fingerprint density at radius 1 is 0.952 bits per heavy atom. The number of benzene rings is 2. The Morgan fingerprint density at radius 3 is 2.38 bits per heavy atom. The van der Waals surface area contributed by atoms with E-state index in [1.807, 2.05) is 11.9 Å². The van der Waals surface area contributed by atoms with Crippen molar-refractivity contribution in [1.29, 1.82) is 0 Å². The summed E-state index contributed by atoms with van der Waals surface area (Å²) in [6.45, 7) is 0. The lowest BCUT2D eigenvalue weighted by molar-refractivity contribution is -0.136. The van der Waals surface area contributed by atoms with E-state index >= 15 is 0 Å². The van der Waals surface area contributed by atoms with Crippen LogP contribution in [0, 0.1) is 5.92 Å². The predicted octanol–water partition coefficient (Wildman–Crippen LogP) is 3.74. The number of rotatable bonds is 1. The molecular weight excluding hydrogens is 258 g/mol. The number of hydrogen-bond donors (Lipinski definition) is 0. The Bertz CT molecular complexity index is 679. The van der Waals surface area contributed by atoms with E-state index in [9.17, 15) is 4.79 Å². The van der Waals surface area contributed by atoms with Gasteiger partial charge in [0.05, 0.1) is 6.04 Å². The molecule has 3 atom stereocenters. The lowest BCUT2D eigenvalue weighted by Crippen LogP contribution is -2.39. The van der Waals surface area contributed by atoms with Crippen LogP contribution in [-0.2, 0) is 4.79 Å². The average Bonchev–Trinajstić information content (AvgIpc) is 2.87. The molecule has 0 N–H and O–H groups in total. The molecule has 0 aromatic heterocycles. The molecule has 1 aliphatic carbocycles. The first-order valence-corrected chi connectivity index (χ1v) is 7.67. The van der Waals surface area contributed by atoms with Crippen LogP contribution in [0.1, 0.15) is 41.5 Å². The maximum absolute atomic E-state index is 12.1. The number of piperidine rings is 1. The molecule has 2 nitrogen and oxygen atoms in total. The lowest BCUT2D eigenvalue weighted by Gasteiger charge is -2.37. The molecule has 2 heteroatoms. The molecule has 0 bridgehead atoms. The minimum Gasteiger partial charge on any atom is -0.338 e. The Kier molecular flexibility index (Phi) is 2.85. The van der Waals surface area contributed by atoms with Gasteiger partial charge in [0.25, 0.3) is 0 Å². The fourth-order valence-electron chi connectivity index (χ4n) is 4.24. The minimum atomic E-state index is 0.243. The molecule has 3 unspecified atom stereocenters. The quantitative estimate of drug-likeness (QED) is 0.777. The zero-order valence-corrected chi connectivity index (χ0v) is 12.2. The molecule has 1 aliphatic heterocycles. The highest BCUT2D eigenvalue weighted by atomic mass is 16.2. The summed E-state index contributed by atoms with van der Waals surface area (Å²) in [5.41, 5.74) is 4.12. The standard InChI is InChI=1S/C19H19NO/c1-20-17(21)12-11-16-18(13-7-3-2-4-8-13)14-9-5-6-10-15(14)19(16)20/h2-10,16,18-19H,11-12H2,1H3. The van der Waals surface area contributed by atoms with Crippen molar-refractivity contribution in [3.8, 4) is 0 Å². The van der Waals surface area contributed by atoms with E-state index in [2.05, 4.69) is 54.6 Å². The second-order valence-corrected chi connectivity index (χ2v) is 6.17. The summed E-state index contributed by atoms with van der Waals surface area (Å²) in [6, 6.07) is 19.6. The van der Waals surface area contributed by atoms with Gasteiger partial charge in [0.15, 0.2) is 0 Å². The fourth-order valence-corrected chi connectivity index (χ4v) is 4.24. The van der Waals surface area contributed by atoms with Crippen LogP contribution in [0.5, 0.6) is 0 Å². The molecule has 0 radical (unpaired) electrons. The Hall–Kier alpha value is -2.09. The summed E-state index contributed by atoms with van der Waals surface area (Å²) in [4.78, 5) is 14.1. The molecule has 1 fully saturated rings. The summed E-state index contributed by atoms with van der Waals surface area (Å²) in [7, 11) is 1.96. The topological polar surface area (TPSA) is 20.3 Å². The lowest BCUT2D eigenvalue weighted by atomic mass is 9.80. The van der Waals surface area contributed by atoms with Gasteiger partial charge in [-0.1, -0.05) is 54.6 Å². The van der Waals surface area contributed by atoms with Crippen LogP contribution in [0.15, 0.2) is 54.6 Å². The molecule has 2 aromatic carbocycles. The second kappa shape index (κ2) is 4.73. The van der Waals surface area contributed by atoms with Gasteiger partial charge < -0.3 is 4.90 Å². The summed E-state index contributed by atoms with van der Waals surface area (Å²) in [6.07, 6.45) is 1.66. The number of hydrogen-bond acceptors (Lipinski definition) is 1. The number of carbonyl (C=O) groups is 1. The summed E-state index contributed by atoms with van der Waals surface area (Å²) >= 11 is 0. The zero-order valence-electron chi connectivity index (χ0n) is 12.2. The number of fused-ring (bicyclic) bond motifs is 3. The number of nitrogens with zero attached hydrogens (tertiary/aromatic N) is 1. The molecule has 1 heterocycles. The van der Waals surface area contributed by atoms with Gasteiger partial charge in [-0.05, 0) is 29.0 Å². The van der Waals surface area contributed by atoms with Crippen molar-refractivity contribution in [2.45, 2.75) is 24.8 Å². The van der Waals surface area contributed by atoms with Crippen LogP contribution >= 0.6 is 0 Å². The van der Waals surface area contributed by atoms with Crippen LogP contribution < -0.4 is 0 Å². The number of likely N-dealkylation sites (tertiary alicyclic amines) is 1. The molecule has 0 spiro atoms. The highest BCUT2D eigenvalue weighted by molar-refractivity contribution is 5.78. The van der Waals surface area contributed by atoms with Crippen LogP contribution in [0.2, 0.25) is 0 Å². The highest BCUT2D eigenvalue weighted by Gasteiger charge is 2.46. The van der Waals surface area contributed by atoms with Crippen LogP contribution in [0.3, 0.4) is 0 Å². The molecule has 1 saturated heterocycles. The summed E-state index contributed by atoms with van der Waals surface area (Å²) < 4.78 is 0. The van der Waals surface area contributed by atoms with Crippen molar-refractivity contribution in [1.82, 2.24) is 4.90 Å². The molecule has 2 aliphatic rings. The first-order valence-electron chi connectivity index (χ1n) is 7.67. The molecule has 21 heavy (non-hydrogen) atoms. The van der Waals surface area contributed by atoms with Gasteiger partial charge in [0, 0.05) is 19.4 Å². The van der Waals surface area contributed by atoms with E-state index in [0.717, 1.165) is 6.42 Å². The second-order valence-electron chi connectivity index (χ2n) is 6.17. The van der Waals surface area contributed by atoms with Gasteiger partial charge in [-0.25, -0.2) is 0 Å². The van der Waals surface area contributed by atoms with Gasteiger partial charge in [-0.2, -0.15) is 0 Å². The maximum Gasteiger partial charge on any atom is 0.222 e. The van der Waals surface area contributed by atoms with Crippen LogP contribution in [0.4, 0.5) is 0 Å². The largest absolute Gasteiger partial charge is 0.338 e. The molecule has 4 rings (SSSR count). The summed E-state index contributed by atoms with van der Waals surface area (Å²) in [5.74, 6) is 1.20. The first kappa shape index (κ1) is 12.6. The first-order chi connectivity index (χ1) is 10.3. The Morgan fingerprint density at radius 2 is 1.62 bits per heavy atom. The number of carbonyl (C=O) groups excluding carboxylic acids is 1. The molecule has 0 saturated carbocycles. The smallest absolute Gasteiger partial charge is 0.222 e. The number of amides is 1. The summed E-state index contributed by atoms with van der Waals surface area (Å²) in [5, 5.41) is 0. The third-order valence-corrected chi connectivity index (χ3v) is 5.14. The van der Waals surface area contributed by atoms with Gasteiger partial charge >= 0.3 is 0 Å². The van der Waals surface area contributed by atoms with Crippen molar-refractivity contribution in [2.75, 3.05) is 7.05 Å². The van der Waals surface area contributed by atoms with Gasteiger partial charge in [-0.15, -0.1) is 0 Å². The van der Waals surface area contributed by atoms with E-state index in [4.69, 9.17) is 0 Å². The third kappa shape index (κ3) is 1.82. The van der Waals surface area contributed by atoms with E-state index in [0.29, 0.717) is 18.3 Å². The fraction of sp³-hybridized carbons (Fsp3) is 0.316. The monoisotopic (exact) mass is 277 g/mol. The highest BCUT2D eigenvalue weighted by Crippen LogP contribution is 2.54. The SMILES string of the molecule is CN1C(=O)CCC2C(c3ccccc3)c3ccccc3C21. The van der Waals surface area contributed by atoms with E-state index in [1.54, 1.807) is 0 Å². The molecule has 2 aromatic rings. The average molecular weight is 277 g/mol. The van der Waals surface area contributed by atoms with Crippen molar-refractivity contribution in [2.24, 2.45) is 5.92 Å². The maximum atomic E-state index is 12.1. The van der Waals surface area contributed by atoms with Crippen molar-refractivity contribution < 1.29 is 4.79 Å². The predicted molar refractivity (Wildman–Crippen MR) is 83.0 cm³/mol. The Labute approximate surface area is 125 Å². The molecule has 1 amide bonds. The van der Waals surface area contributed by atoms with E-state index in [1.165, 1.54) is 16.7 Å². The minimum absolute atomic E-state index is 0.243. The van der Waals surface area contributed by atoms with Crippen molar-refractivity contribution >= 4 is 5.91 Å². The molecule has 106 valence electrons. The van der Waals surface area contributed by atoms with E-state index < -0.39 is 0 Å².